The number of carbonyl (C=O) groups excluding carboxylic acids is 1. The summed E-state index contributed by atoms with van der Waals surface area (Å²) in [5.41, 5.74) is 1.88. The van der Waals surface area contributed by atoms with Crippen LogP contribution < -0.4 is 5.32 Å². The second kappa shape index (κ2) is 8.62. The Morgan fingerprint density at radius 2 is 1.77 bits per heavy atom. The van der Waals surface area contributed by atoms with E-state index < -0.39 is 15.9 Å². The number of rotatable bonds is 5. The second-order valence-electron chi connectivity index (χ2n) is 7.24. The molecule has 2 aromatic carbocycles. The SMILES string of the molecule is Cc1ccc(NC(=O)c2nc(-c3ccccc3)oc2C)cc1S(=O)(=O)N1CCOCC1. The van der Waals surface area contributed by atoms with Crippen molar-refractivity contribution in [1.29, 1.82) is 0 Å². The molecule has 0 spiro atoms. The summed E-state index contributed by atoms with van der Waals surface area (Å²) in [6.07, 6.45) is 0. The molecule has 2 heterocycles. The Morgan fingerprint density at radius 3 is 2.48 bits per heavy atom. The lowest BCUT2D eigenvalue weighted by Gasteiger charge is -2.26. The lowest BCUT2D eigenvalue weighted by Crippen LogP contribution is -2.40. The molecule has 1 aliphatic heterocycles. The molecular weight excluding hydrogens is 418 g/mol. The highest BCUT2D eigenvalue weighted by Crippen LogP contribution is 2.26. The Labute approximate surface area is 180 Å². The molecule has 0 aliphatic carbocycles. The molecule has 0 atom stereocenters. The smallest absolute Gasteiger partial charge is 0.277 e. The van der Waals surface area contributed by atoms with Crippen LogP contribution in [0, 0.1) is 13.8 Å². The van der Waals surface area contributed by atoms with Gasteiger partial charge in [0.2, 0.25) is 15.9 Å². The van der Waals surface area contributed by atoms with Crippen LogP contribution >= 0.6 is 0 Å². The van der Waals surface area contributed by atoms with Crippen LogP contribution in [0.15, 0.2) is 57.8 Å². The van der Waals surface area contributed by atoms with Gasteiger partial charge in [-0.2, -0.15) is 4.31 Å². The van der Waals surface area contributed by atoms with E-state index in [1.807, 2.05) is 30.3 Å². The van der Waals surface area contributed by atoms with Crippen LogP contribution in [0.4, 0.5) is 5.69 Å². The largest absolute Gasteiger partial charge is 0.441 e. The van der Waals surface area contributed by atoms with Gasteiger partial charge < -0.3 is 14.5 Å². The number of ether oxygens (including phenoxy) is 1. The lowest BCUT2D eigenvalue weighted by atomic mass is 10.2. The van der Waals surface area contributed by atoms with E-state index in [1.165, 1.54) is 10.4 Å². The zero-order valence-corrected chi connectivity index (χ0v) is 18.1. The zero-order chi connectivity index (χ0) is 22.0. The highest BCUT2D eigenvalue weighted by Gasteiger charge is 2.28. The number of nitrogens with one attached hydrogen (secondary N) is 1. The number of benzene rings is 2. The molecular formula is C22H23N3O5S. The predicted octanol–water partition coefficient (Wildman–Crippen LogP) is 3.23. The summed E-state index contributed by atoms with van der Waals surface area (Å²) in [5.74, 6) is 0.259. The highest BCUT2D eigenvalue weighted by atomic mass is 32.2. The summed E-state index contributed by atoms with van der Waals surface area (Å²) < 4.78 is 38.4. The molecule has 8 nitrogen and oxygen atoms in total. The lowest BCUT2D eigenvalue weighted by molar-refractivity contribution is 0.0730. The first kappa shape index (κ1) is 21.2. The summed E-state index contributed by atoms with van der Waals surface area (Å²) >= 11 is 0. The number of morpholine rings is 1. The first-order chi connectivity index (χ1) is 14.9. The maximum Gasteiger partial charge on any atom is 0.277 e. The maximum absolute atomic E-state index is 13.1. The fourth-order valence-corrected chi connectivity index (χ4v) is 5.04. The Bertz CT molecular complexity index is 1200. The van der Waals surface area contributed by atoms with Crippen LogP contribution in [0.1, 0.15) is 21.8 Å². The Hall–Kier alpha value is -3.01. The molecule has 31 heavy (non-hydrogen) atoms. The van der Waals surface area contributed by atoms with E-state index in [9.17, 15) is 13.2 Å². The van der Waals surface area contributed by atoms with Crippen LogP contribution in [0.5, 0.6) is 0 Å². The molecule has 0 saturated carbocycles. The molecule has 4 rings (SSSR count). The average molecular weight is 442 g/mol. The highest BCUT2D eigenvalue weighted by molar-refractivity contribution is 7.89. The van der Waals surface area contributed by atoms with Crippen molar-refractivity contribution < 1.29 is 22.4 Å². The average Bonchev–Trinajstić information content (AvgIpc) is 3.18. The van der Waals surface area contributed by atoms with Crippen LogP contribution in [-0.2, 0) is 14.8 Å². The normalized spacial score (nSPS) is 15.0. The Kier molecular flexibility index (Phi) is 5.90. The molecule has 0 unspecified atom stereocenters. The van der Waals surface area contributed by atoms with Crippen molar-refractivity contribution in [2.45, 2.75) is 18.7 Å². The van der Waals surface area contributed by atoms with Gasteiger partial charge in [0.25, 0.3) is 5.91 Å². The van der Waals surface area contributed by atoms with Crippen molar-refractivity contribution >= 4 is 21.6 Å². The molecule has 0 radical (unpaired) electrons. The van der Waals surface area contributed by atoms with Crippen molar-refractivity contribution in [2.24, 2.45) is 0 Å². The number of carbonyl (C=O) groups is 1. The number of nitrogens with zero attached hydrogens (tertiary/aromatic N) is 2. The monoisotopic (exact) mass is 441 g/mol. The first-order valence-corrected chi connectivity index (χ1v) is 11.3. The molecule has 1 saturated heterocycles. The van der Waals surface area contributed by atoms with E-state index in [1.54, 1.807) is 26.0 Å². The molecule has 1 aromatic heterocycles. The fourth-order valence-electron chi connectivity index (χ4n) is 3.38. The van der Waals surface area contributed by atoms with E-state index in [4.69, 9.17) is 9.15 Å². The van der Waals surface area contributed by atoms with E-state index in [0.717, 1.165) is 5.56 Å². The molecule has 0 bridgehead atoms. The van der Waals surface area contributed by atoms with Crippen LogP contribution in [0.2, 0.25) is 0 Å². The van der Waals surface area contributed by atoms with Crippen LogP contribution in [0.3, 0.4) is 0 Å². The molecule has 1 aliphatic rings. The summed E-state index contributed by atoms with van der Waals surface area (Å²) in [4.78, 5) is 17.3. The van der Waals surface area contributed by atoms with Crippen molar-refractivity contribution in [3.8, 4) is 11.5 Å². The summed E-state index contributed by atoms with van der Waals surface area (Å²) in [7, 11) is -3.69. The third-order valence-electron chi connectivity index (χ3n) is 5.07. The second-order valence-corrected chi connectivity index (χ2v) is 9.15. The number of amides is 1. The van der Waals surface area contributed by atoms with Gasteiger partial charge in [-0.3, -0.25) is 4.79 Å². The Morgan fingerprint density at radius 1 is 1.06 bits per heavy atom. The van der Waals surface area contributed by atoms with E-state index in [0.29, 0.717) is 49.2 Å². The first-order valence-electron chi connectivity index (χ1n) is 9.89. The third kappa shape index (κ3) is 4.39. The van der Waals surface area contributed by atoms with Crippen molar-refractivity contribution in [3.63, 3.8) is 0 Å². The minimum atomic E-state index is -3.69. The van der Waals surface area contributed by atoms with Gasteiger partial charge in [0.05, 0.1) is 18.1 Å². The zero-order valence-electron chi connectivity index (χ0n) is 17.3. The molecule has 1 fully saturated rings. The van der Waals surface area contributed by atoms with Gasteiger partial charge >= 0.3 is 0 Å². The number of hydrogen-bond acceptors (Lipinski definition) is 6. The molecule has 1 N–H and O–H groups in total. The van der Waals surface area contributed by atoms with E-state index in [2.05, 4.69) is 10.3 Å². The van der Waals surface area contributed by atoms with Crippen LogP contribution in [-0.4, -0.2) is 49.9 Å². The molecule has 162 valence electrons. The number of anilines is 1. The van der Waals surface area contributed by atoms with Gasteiger partial charge in [-0.15, -0.1) is 0 Å². The van der Waals surface area contributed by atoms with Gasteiger partial charge in [0.15, 0.2) is 5.69 Å². The van der Waals surface area contributed by atoms with Gasteiger partial charge in [0.1, 0.15) is 5.76 Å². The quantitative estimate of drug-likeness (QED) is 0.652. The van der Waals surface area contributed by atoms with Gasteiger partial charge in [-0.25, -0.2) is 13.4 Å². The predicted molar refractivity (Wildman–Crippen MR) is 115 cm³/mol. The number of sulfonamides is 1. The number of hydrogen-bond donors (Lipinski definition) is 1. The minimum absolute atomic E-state index is 0.150. The molecule has 9 heteroatoms. The van der Waals surface area contributed by atoms with Crippen molar-refractivity contribution in [3.05, 3.63) is 65.5 Å². The van der Waals surface area contributed by atoms with Gasteiger partial charge in [-0.1, -0.05) is 24.3 Å². The van der Waals surface area contributed by atoms with E-state index in [-0.39, 0.29) is 10.6 Å². The standard InChI is InChI=1S/C22H23N3O5S/c1-15-8-9-18(14-19(15)31(27,28)25-10-12-29-13-11-25)23-21(26)20-16(2)30-22(24-20)17-6-4-3-5-7-17/h3-9,14H,10-13H2,1-2H3,(H,23,26). The summed E-state index contributed by atoms with van der Waals surface area (Å²) in [5, 5.41) is 2.74. The third-order valence-corrected chi connectivity index (χ3v) is 7.11. The Balaban J connectivity index is 1.58. The summed E-state index contributed by atoms with van der Waals surface area (Å²) in [6.45, 7) is 4.73. The van der Waals surface area contributed by atoms with E-state index >= 15 is 0 Å². The number of aromatic nitrogens is 1. The number of oxazole rings is 1. The minimum Gasteiger partial charge on any atom is -0.441 e. The summed E-state index contributed by atoms with van der Waals surface area (Å²) in [6, 6.07) is 14.1. The molecule has 3 aromatic rings. The van der Waals surface area contributed by atoms with Gasteiger partial charge in [0, 0.05) is 24.3 Å². The number of aryl methyl sites for hydroxylation is 2. The maximum atomic E-state index is 13.1. The van der Waals surface area contributed by atoms with Gasteiger partial charge in [-0.05, 0) is 43.7 Å². The van der Waals surface area contributed by atoms with Crippen molar-refractivity contribution in [1.82, 2.24) is 9.29 Å². The molecule has 1 amide bonds. The van der Waals surface area contributed by atoms with Crippen LogP contribution in [0.25, 0.3) is 11.5 Å². The topological polar surface area (TPSA) is 102 Å². The fraction of sp³-hybridized carbons (Fsp3) is 0.273. The van der Waals surface area contributed by atoms with Crippen molar-refractivity contribution in [2.75, 3.05) is 31.6 Å².